The molecule has 0 amide bonds. The highest BCUT2D eigenvalue weighted by Gasteiger charge is 2.25. The number of nitro groups is 1. The summed E-state index contributed by atoms with van der Waals surface area (Å²) >= 11 is 1.29. The molecule has 1 atom stereocenters. The van der Waals surface area contributed by atoms with E-state index in [9.17, 15) is 14.5 Å². The van der Waals surface area contributed by atoms with Crippen molar-refractivity contribution in [3.05, 3.63) is 94.0 Å². The highest BCUT2D eigenvalue weighted by atomic mass is 32.2. The van der Waals surface area contributed by atoms with Crippen LogP contribution in [0.3, 0.4) is 0 Å². The second-order valence-corrected chi connectivity index (χ2v) is 7.70. The first-order chi connectivity index (χ1) is 14.0. The molecule has 0 aliphatic carbocycles. The molecule has 8 heteroatoms. The number of aryl methyl sites for hydroxylation is 1. The Kier molecular flexibility index (Phi) is 5.26. The second-order valence-electron chi connectivity index (χ2n) is 6.53. The van der Waals surface area contributed by atoms with Gasteiger partial charge in [0.05, 0.1) is 0 Å². The van der Waals surface area contributed by atoms with E-state index in [1.54, 1.807) is 23.6 Å². The Bertz CT molecular complexity index is 1170. The van der Waals surface area contributed by atoms with E-state index in [-0.39, 0.29) is 17.3 Å². The Morgan fingerprint density at radius 2 is 1.79 bits per heavy atom. The lowest BCUT2D eigenvalue weighted by molar-refractivity contribution is -0.479. The molecule has 4 aromatic rings. The quantitative estimate of drug-likeness (QED) is 0.256. The van der Waals surface area contributed by atoms with E-state index >= 15 is 0 Å². The van der Waals surface area contributed by atoms with Crippen LogP contribution in [0.4, 0.5) is 4.39 Å². The predicted molar refractivity (Wildman–Crippen MR) is 110 cm³/mol. The Morgan fingerprint density at radius 1 is 1.07 bits per heavy atom. The largest absolute Gasteiger partial charge is 0.274 e. The molecule has 0 N–H and O–H groups in total. The van der Waals surface area contributed by atoms with E-state index in [0.29, 0.717) is 16.7 Å². The molecule has 1 aromatic heterocycles. The highest BCUT2D eigenvalue weighted by Crippen LogP contribution is 2.38. The fourth-order valence-corrected chi connectivity index (χ4v) is 4.51. The van der Waals surface area contributed by atoms with Crippen LogP contribution in [0.5, 0.6) is 0 Å². The summed E-state index contributed by atoms with van der Waals surface area (Å²) in [4.78, 5) is 11.1. The smallest absolute Gasteiger partial charge is 0.220 e. The first kappa shape index (κ1) is 19.1. The van der Waals surface area contributed by atoms with E-state index in [4.69, 9.17) is 0 Å². The van der Waals surface area contributed by atoms with Crippen molar-refractivity contribution in [3.63, 3.8) is 0 Å². The summed E-state index contributed by atoms with van der Waals surface area (Å²) in [6.07, 6.45) is 0. The van der Waals surface area contributed by atoms with Crippen molar-refractivity contribution in [1.82, 2.24) is 14.8 Å². The number of hydrogen-bond acceptors (Lipinski definition) is 5. The average molecular weight is 408 g/mol. The highest BCUT2D eigenvalue weighted by molar-refractivity contribution is 7.99. The van der Waals surface area contributed by atoms with Crippen LogP contribution in [-0.4, -0.2) is 26.2 Å². The molecule has 29 heavy (non-hydrogen) atoms. The molecule has 0 unspecified atom stereocenters. The minimum Gasteiger partial charge on any atom is -0.274 e. The number of halogens is 1. The van der Waals surface area contributed by atoms with Gasteiger partial charge >= 0.3 is 0 Å². The van der Waals surface area contributed by atoms with Crippen molar-refractivity contribution in [2.45, 2.75) is 17.3 Å². The van der Waals surface area contributed by atoms with Gasteiger partial charge in [0.25, 0.3) is 0 Å². The fourth-order valence-electron chi connectivity index (χ4n) is 3.30. The number of benzene rings is 3. The van der Waals surface area contributed by atoms with Gasteiger partial charge in [-0.2, -0.15) is 0 Å². The zero-order valence-corrected chi connectivity index (χ0v) is 16.3. The molecule has 146 valence electrons. The number of rotatable bonds is 6. The maximum atomic E-state index is 13.3. The number of nitrogens with zero attached hydrogens (tertiary/aromatic N) is 4. The first-order valence-corrected chi connectivity index (χ1v) is 9.85. The van der Waals surface area contributed by atoms with Crippen LogP contribution >= 0.6 is 11.8 Å². The number of aromatic nitrogens is 3. The van der Waals surface area contributed by atoms with E-state index in [0.717, 1.165) is 16.3 Å². The summed E-state index contributed by atoms with van der Waals surface area (Å²) in [6.45, 7) is 1.54. The summed E-state index contributed by atoms with van der Waals surface area (Å²) in [5.41, 5.74) is 1.57. The average Bonchev–Trinajstić information content (AvgIpc) is 3.07. The lowest BCUT2D eigenvalue weighted by atomic mass is 10.0. The van der Waals surface area contributed by atoms with E-state index in [1.165, 1.54) is 23.9 Å². The summed E-state index contributed by atoms with van der Waals surface area (Å²) in [7, 11) is 0. The molecule has 0 saturated carbocycles. The van der Waals surface area contributed by atoms with Crippen molar-refractivity contribution < 1.29 is 9.31 Å². The standard InChI is InChI=1S/C21H17FN4O2S/c1-14-23-24-21(26(14)17-11-9-16(22)10-12-17)29-20(13-25(27)28)19-8-4-6-15-5-2-3-7-18(15)19/h2-12,20H,13H2,1H3/t20-/m0/s1. The van der Waals surface area contributed by atoms with Gasteiger partial charge in [-0.15, -0.1) is 10.2 Å². The molecule has 0 saturated heterocycles. The minimum atomic E-state index is -0.459. The second kappa shape index (κ2) is 8.00. The molecule has 0 aliphatic rings. The normalized spacial score (nSPS) is 12.2. The van der Waals surface area contributed by atoms with Crippen LogP contribution in [0.25, 0.3) is 16.5 Å². The number of fused-ring (bicyclic) bond motifs is 1. The first-order valence-electron chi connectivity index (χ1n) is 8.97. The molecule has 0 spiro atoms. The minimum absolute atomic E-state index is 0.256. The third kappa shape index (κ3) is 3.97. The molecule has 3 aromatic carbocycles. The summed E-state index contributed by atoms with van der Waals surface area (Å²) in [5.74, 6) is 0.285. The molecule has 0 aliphatic heterocycles. The van der Waals surface area contributed by atoms with Crippen molar-refractivity contribution in [1.29, 1.82) is 0 Å². The van der Waals surface area contributed by atoms with Crippen molar-refractivity contribution >= 4 is 22.5 Å². The maximum Gasteiger partial charge on any atom is 0.220 e. The van der Waals surface area contributed by atoms with Gasteiger partial charge in [-0.05, 0) is 47.5 Å². The predicted octanol–water partition coefficient (Wildman–Crippen LogP) is 4.98. The monoisotopic (exact) mass is 408 g/mol. The van der Waals surface area contributed by atoms with E-state index in [1.807, 2.05) is 42.5 Å². The summed E-state index contributed by atoms with van der Waals surface area (Å²) < 4.78 is 15.1. The topological polar surface area (TPSA) is 73.8 Å². The van der Waals surface area contributed by atoms with Crippen molar-refractivity contribution in [3.8, 4) is 5.69 Å². The summed E-state index contributed by atoms with van der Waals surface area (Å²) in [6, 6.07) is 19.6. The van der Waals surface area contributed by atoms with E-state index < -0.39 is 5.25 Å². The van der Waals surface area contributed by atoms with Gasteiger partial charge in [0, 0.05) is 10.6 Å². The zero-order chi connectivity index (χ0) is 20.4. The Labute approximate surface area is 170 Å². The van der Waals surface area contributed by atoms with E-state index in [2.05, 4.69) is 10.2 Å². The van der Waals surface area contributed by atoms with Gasteiger partial charge in [-0.3, -0.25) is 14.7 Å². The Hall–Kier alpha value is -3.26. The third-order valence-electron chi connectivity index (χ3n) is 4.61. The zero-order valence-electron chi connectivity index (χ0n) is 15.5. The molecule has 4 rings (SSSR count). The van der Waals surface area contributed by atoms with Crippen LogP contribution in [0.15, 0.2) is 71.9 Å². The van der Waals surface area contributed by atoms with Crippen LogP contribution in [0, 0.1) is 22.9 Å². The Balaban J connectivity index is 1.77. The molecule has 0 fully saturated rings. The molecule has 0 radical (unpaired) electrons. The SMILES string of the molecule is Cc1nnc(S[C@@H](C[N+](=O)[O-])c2cccc3ccccc23)n1-c1ccc(F)cc1. The van der Waals surface area contributed by atoms with Gasteiger partial charge in [0.2, 0.25) is 6.54 Å². The van der Waals surface area contributed by atoms with Crippen LogP contribution in [0.2, 0.25) is 0 Å². The molecular formula is C21H17FN4O2S. The van der Waals surface area contributed by atoms with Crippen LogP contribution in [0.1, 0.15) is 16.6 Å². The van der Waals surface area contributed by atoms with Gasteiger partial charge in [0.1, 0.15) is 16.9 Å². The number of hydrogen-bond donors (Lipinski definition) is 0. The van der Waals surface area contributed by atoms with Crippen molar-refractivity contribution in [2.75, 3.05) is 6.54 Å². The van der Waals surface area contributed by atoms with Crippen LogP contribution < -0.4 is 0 Å². The van der Waals surface area contributed by atoms with Gasteiger partial charge in [0.15, 0.2) is 5.16 Å². The number of thioether (sulfide) groups is 1. The lowest BCUT2D eigenvalue weighted by Crippen LogP contribution is -2.11. The molecule has 1 heterocycles. The lowest BCUT2D eigenvalue weighted by Gasteiger charge is -2.16. The van der Waals surface area contributed by atoms with Gasteiger partial charge < -0.3 is 0 Å². The summed E-state index contributed by atoms with van der Waals surface area (Å²) in [5, 5.41) is 21.8. The molecule has 0 bridgehead atoms. The molecule has 6 nitrogen and oxygen atoms in total. The fraction of sp³-hybridized carbons (Fsp3) is 0.143. The van der Waals surface area contributed by atoms with Crippen LogP contribution in [-0.2, 0) is 0 Å². The third-order valence-corrected chi connectivity index (χ3v) is 5.78. The van der Waals surface area contributed by atoms with Gasteiger partial charge in [-0.1, -0.05) is 54.2 Å². The van der Waals surface area contributed by atoms with Gasteiger partial charge in [-0.25, -0.2) is 4.39 Å². The molecular weight excluding hydrogens is 391 g/mol. The van der Waals surface area contributed by atoms with Crippen molar-refractivity contribution in [2.24, 2.45) is 0 Å². The Morgan fingerprint density at radius 3 is 2.55 bits per heavy atom. The maximum absolute atomic E-state index is 13.3.